The minimum absolute atomic E-state index is 0.122. The molecule has 0 aliphatic heterocycles. The second-order valence-electron chi connectivity index (χ2n) is 3.48. The number of benzene rings is 1. The van der Waals surface area contributed by atoms with Crippen molar-refractivity contribution in [3.63, 3.8) is 0 Å². The van der Waals surface area contributed by atoms with Crippen LogP contribution in [0.25, 0.3) is 10.4 Å². The molecule has 0 saturated heterocycles. The van der Waals surface area contributed by atoms with Crippen LogP contribution in [0.1, 0.15) is 21.5 Å². The fourth-order valence-corrected chi connectivity index (χ4v) is 1.53. The van der Waals surface area contributed by atoms with Crippen molar-refractivity contribution in [3.8, 4) is 0 Å². The maximum absolute atomic E-state index is 11.8. The molecule has 0 aromatic heterocycles. The van der Waals surface area contributed by atoms with Gasteiger partial charge in [-0.15, -0.1) is 0 Å². The highest BCUT2D eigenvalue weighted by molar-refractivity contribution is 5.97. The van der Waals surface area contributed by atoms with Crippen molar-refractivity contribution in [2.75, 3.05) is 13.1 Å². The van der Waals surface area contributed by atoms with E-state index in [0.717, 1.165) is 11.1 Å². The van der Waals surface area contributed by atoms with Crippen molar-refractivity contribution in [3.05, 3.63) is 45.3 Å². The lowest BCUT2D eigenvalue weighted by Crippen LogP contribution is -2.27. The molecule has 5 heteroatoms. The zero-order valence-electron chi connectivity index (χ0n) is 9.40. The van der Waals surface area contributed by atoms with Crippen molar-refractivity contribution in [2.24, 2.45) is 5.11 Å². The Bertz CT molecular complexity index is 415. The average Bonchev–Trinajstić information content (AvgIpc) is 2.24. The monoisotopic (exact) mass is 218 g/mol. The highest BCUT2D eigenvalue weighted by atomic mass is 16.1. The Hall–Kier alpha value is -2.00. The summed E-state index contributed by atoms with van der Waals surface area (Å²) < 4.78 is 0. The number of hydrogen-bond donors (Lipinski definition) is 1. The molecule has 1 N–H and O–H groups in total. The molecular formula is C11H14N4O. The van der Waals surface area contributed by atoms with Crippen LogP contribution in [0.2, 0.25) is 0 Å². The van der Waals surface area contributed by atoms with E-state index in [4.69, 9.17) is 5.53 Å². The molecule has 0 saturated carbocycles. The van der Waals surface area contributed by atoms with Crippen LogP contribution in [-0.2, 0) is 0 Å². The molecule has 0 atom stereocenters. The Morgan fingerprint density at radius 1 is 1.44 bits per heavy atom. The number of amides is 1. The van der Waals surface area contributed by atoms with Gasteiger partial charge < -0.3 is 5.32 Å². The highest BCUT2D eigenvalue weighted by Crippen LogP contribution is 2.12. The Labute approximate surface area is 94.1 Å². The predicted molar refractivity (Wildman–Crippen MR) is 62.3 cm³/mol. The molecule has 0 radical (unpaired) electrons. The molecule has 0 spiro atoms. The zero-order chi connectivity index (χ0) is 12.0. The predicted octanol–water partition coefficient (Wildman–Crippen LogP) is 2.34. The Morgan fingerprint density at radius 3 is 2.62 bits per heavy atom. The summed E-state index contributed by atoms with van der Waals surface area (Å²) in [6, 6.07) is 5.71. The first-order valence-electron chi connectivity index (χ1n) is 5.02. The SMILES string of the molecule is Cc1cccc(C)c1C(=O)NCCN=[N+]=[N-]. The number of nitrogens with one attached hydrogen (secondary N) is 1. The lowest BCUT2D eigenvalue weighted by atomic mass is 10.0. The van der Waals surface area contributed by atoms with Gasteiger partial charge in [-0.1, -0.05) is 23.3 Å². The number of nitrogens with zero attached hydrogens (tertiary/aromatic N) is 3. The van der Waals surface area contributed by atoms with Crippen LogP contribution in [-0.4, -0.2) is 19.0 Å². The summed E-state index contributed by atoms with van der Waals surface area (Å²) in [5.74, 6) is -0.122. The highest BCUT2D eigenvalue weighted by Gasteiger charge is 2.10. The van der Waals surface area contributed by atoms with Gasteiger partial charge >= 0.3 is 0 Å². The van der Waals surface area contributed by atoms with E-state index in [1.54, 1.807) is 0 Å². The molecule has 0 aliphatic rings. The van der Waals surface area contributed by atoms with Crippen LogP contribution in [0.4, 0.5) is 0 Å². The van der Waals surface area contributed by atoms with E-state index >= 15 is 0 Å². The van der Waals surface area contributed by atoms with Gasteiger partial charge in [0.05, 0.1) is 0 Å². The zero-order valence-corrected chi connectivity index (χ0v) is 9.40. The van der Waals surface area contributed by atoms with E-state index in [2.05, 4.69) is 15.3 Å². The molecule has 84 valence electrons. The fraction of sp³-hybridized carbons (Fsp3) is 0.364. The number of aryl methyl sites for hydroxylation is 2. The summed E-state index contributed by atoms with van der Waals surface area (Å²) in [6.07, 6.45) is 0. The molecule has 1 aromatic rings. The molecule has 1 rings (SSSR count). The number of carbonyl (C=O) groups excluding carboxylic acids is 1. The van der Waals surface area contributed by atoms with Crippen LogP contribution in [0.15, 0.2) is 23.3 Å². The van der Waals surface area contributed by atoms with Crippen molar-refractivity contribution in [1.29, 1.82) is 0 Å². The fourth-order valence-electron chi connectivity index (χ4n) is 1.53. The van der Waals surface area contributed by atoms with E-state index in [1.807, 2.05) is 32.0 Å². The third-order valence-corrected chi connectivity index (χ3v) is 2.27. The van der Waals surface area contributed by atoms with Crippen molar-refractivity contribution in [1.82, 2.24) is 5.32 Å². The quantitative estimate of drug-likeness (QED) is 0.358. The number of hydrogen-bond acceptors (Lipinski definition) is 2. The van der Waals surface area contributed by atoms with Gasteiger partial charge in [-0.05, 0) is 30.5 Å². The Kier molecular flexibility index (Phi) is 4.36. The number of rotatable bonds is 4. The van der Waals surface area contributed by atoms with Gasteiger partial charge in [0.15, 0.2) is 0 Å². The third kappa shape index (κ3) is 3.00. The van der Waals surface area contributed by atoms with Gasteiger partial charge in [0.1, 0.15) is 0 Å². The molecule has 0 bridgehead atoms. The molecule has 16 heavy (non-hydrogen) atoms. The molecule has 0 unspecified atom stereocenters. The smallest absolute Gasteiger partial charge is 0.251 e. The summed E-state index contributed by atoms with van der Waals surface area (Å²) in [7, 11) is 0. The van der Waals surface area contributed by atoms with E-state index in [0.29, 0.717) is 12.1 Å². The van der Waals surface area contributed by atoms with E-state index in [-0.39, 0.29) is 12.5 Å². The third-order valence-electron chi connectivity index (χ3n) is 2.27. The average molecular weight is 218 g/mol. The topological polar surface area (TPSA) is 77.9 Å². The molecule has 1 amide bonds. The lowest BCUT2D eigenvalue weighted by molar-refractivity contribution is 0.0953. The molecule has 1 aromatic carbocycles. The van der Waals surface area contributed by atoms with Crippen LogP contribution < -0.4 is 5.32 Å². The Balaban J connectivity index is 2.69. The minimum atomic E-state index is -0.122. The maximum Gasteiger partial charge on any atom is 0.251 e. The first-order chi connectivity index (χ1) is 7.66. The summed E-state index contributed by atoms with van der Waals surface area (Å²) in [5, 5.41) is 6.06. The van der Waals surface area contributed by atoms with Gasteiger partial charge in [0.2, 0.25) is 0 Å². The summed E-state index contributed by atoms with van der Waals surface area (Å²) in [6.45, 7) is 4.43. The van der Waals surface area contributed by atoms with Crippen molar-refractivity contribution >= 4 is 5.91 Å². The van der Waals surface area contributed by atoms with E-state index in [9.17, 15) is 4.79 Å². The minimum Gasteiger partial charge on any atom is -0.352 e. The summed E-state index contributed by atoms with van der Waals surface area (Å²) in [5.41, 5.74) is 10.7. The molecule has 0 fully saturated rings. The van der Waals surface area contributed by atoms with Crippen LogP contribution in [0.3, 0.4) is 0 Å². The van der Waals surface area contributed by atoms with Crippen molar-refractivity contribution in [2.45, 2.75) is 13.8 Å². The first-order valence-corrected chi connectivity index (χ1v) is 5.02. The van der Waals surface area contributed by atoms with Crippen LogP contribution in [0.5, 0.6) is 0 Å². The second kappa shape index (κ2) is 5.78. The van der Waals surface area contributed by atoms with Gasteiger partial charge in [-0.3, -0.25) is 4.79 Å². The second-order valence-corrected chi connectivity index (χ2v) is 3.48. The largest absolute Gasteiger partial charge is 0.352 e. The van der Waals surface area contributed by atoms with E-state index < -0.39 is 0 Å². The van der Waals surface area contributed by atoms with Gasteiger partial charge in [0, 0.05) is 23.6 Å². The van der Waals surface area contributed by atoms with Crippen molar-refractivity contribution < 1.29 is 4.79 Å². The van der Waals surface area contributed by atoms with E-state index in [1.165, 1.54) is 0 Å². The maximum atomic E-state index is 11.8. The van der Waals surface area contributed by atoms with Gasteiger partial charge in [0.25, 0.3) is 5.91 Å². The van der Waals surface area contributed by atoms with Crippen LogP contribution in [0, 0.1) is 13.8 Å². The molecule has 0 aliphatic carbocycles. The molecule has 0 heterocycles. The standard InChI is InChI=1S/C11H14N4O/c1-8-4-3-5-9(2)10(8)11(16)13-6-7-14-15-12/h3-5H,6-7H2,1-2H3,(H,13,16). The summed E-state index contributed by atoms with van der Waals surface area (Å²) in [4.78, 5) is 14.4. The van der Waals surface area contributed by atoms with Gasteiger partial charge in [-0.2, -0.15) is 0 Å². The molecule has 5 nitrogen and oxygen atoms in total. The molecular weight excluding hydrogens is 204 g/mol. The lowest BCUT2D eigenvalue weighted by Gasteiger charge is -2.09. The number of azide groups is 1. The first kappa shape index (κ1) is 12.1. The van der Waals surface area contributed by atoms with Crippen LogP contribution >= 0.6 is 0 Å². The van der Waals surface area contributed by atoms with Gasteiger partial charge in [-0.25, -0.2) is 0 Å². The Morgan fingerprint density at radius 2 is 2.06 bits per heavy atom. The summed E-state index contributed by atoms with van der Waals surface area (Å²) >= 11 is 0. The normalized spacial score (nSPS) is 9.38. The number of carbonyl (C=O) groups is 1.